The molecular formula is C26H28BrN3O2S. The van der Waals surface area contributed by atoms with Gasteiger partial charge in [0.1, 0.15) is 5.57 Å². The van der Waals surface area contributed by atoms with Crippen LogP contribution in [0.4, 0.5) is 11.4 Å². The second kappa shape index (κ2) is 9.03. The predicted octanol–water partition coefficient (Wildman–Crippen LogP) is 5.78. The summed E-state index contributed by atoms with van der Waals surface area (Å²) in [7, 11) is 0. The van der Waals surface area contributed by atoms with E-state index < -0.39 is 11.8 Å². The van der Waals surface area contributed by atoms with Crippen molar-refractivity contribution in [1.82, 2.24) is 5.32 Å². The van der Waals surface area contributed by atoms with Gasteiger partial charge < -0.3 is 4.90 Å². The minimum atomic E-state index is -0.476. The van der Waals surface area contributed by atoms with Crippen molar-refractivity contribution < 1.29 is 9.59 Å². The maximum absolute atomic E-state index is 13.3. The molecule has 1 saturated heterocycles. The first-order valence-electron chi connectivity index (χ1n) is 11.2. The summed E-state index contributed by atoms with van der Waals surface area (Å²) >= 11 is 8.73. The van der Waals surface area contributed by atoms with Crippen LogP contribution in [0.3, 0.4) is 0 Å². The molecule has 2 aliphatic rings. The summed E-state index contributed by atoms with van der Waals surface area (Å²) in [5.74, 6) is -0.528. The fourth-order valence-corrected chi connectivity index (χ4v) is 5.59. The van der Waals surface area contributed by atoms with Gasteiger partial charge in [0, 0.05) is 22.2 Å². The van der Waals surface area contributed by atoms with E-state index in [1.165, 1.54) is 16.2 Å². The topological polar surface area (TPSA) is 52.7 Å². The van der Waals surface area contributed by atoms with Gasteiger partial charge in [0.2, 0.25) is 0 Å². The van der Waals surface area contributed by atoms with Crippen LogP contribution in [-0.2, 0) is 9.59 Å². The van der Waals surface area contributed by atoms with E-state index >= 15 is 0 Å². The number of hydrogen-bond donors (Lipinski definition) is 1. The molecular weight excluding hydrogens is 498 g/mol. The zero-order valence-electron chi connectivity index (χ0n) is 19.3. The highest BCUT2D eigenvalue weighted by Crippen LogP contribution is 2.43. The van der Waals surface area contributed by atoms with Crippen molar-refractivity contribution in [2.75, 3.05) is 16.3 Å². The van der Waals surface area contributed by atoms with Crippen molar-refractivity contribution in [1.29, 1.82) is 0 Å². The number of nitrogens with zero attached hydrogens (tertiary/aromatic N) is 2. The first-order valence-corrected chi connectivity index (χ1v) is 12.4. The molecule has 0 spiro atoms. The summed E-state index contributed by atoms with van der Waals surface area (Å²) in [6.07, 6.45) is 3.79. The summed E-state index contributed by atoms with van der Waals surface area (Å²) in [5, 5.41) is 2.74. The number of fused-ring (bicyclic) bond motifs is 1. The number of carbonyl (C=O) groups is 2. The van der Waals surface area contributed by atoms with E-state index in [1.54, 1.807) is 18.2 Å². The highest BCUT2D eigenvalue weighted by Gasteiger charge is 2.37. The Morgan fingerprint density at radius 2 is 1.97 bits per heavy atom. The van der Waals surface area contributed by atoms with E-state index in [1.807, 2.05) is 18.2 Å². The number of nitrogens with one attached hydrogen (secondary N) is 1. The van der Waals surface area contributed by atoms with Crippen LogP contribution < -0.4 is 15.1 Å². The predicted molar refractivity (Wildman–Crippen MR) is 142 cm³/mol. The number of halogens is 1. The molecule has 2 aromatic rings. The number of rotatable bonds is 4. The van der Waals surface area contributed by atoms with Gasteiger partial charge in [-0.1, -0.05) is 41.9 Å². The maximum Gasteiger partial charge on any atom is 0.270 e. The molecule has 5 nitrogen and oxygen atoms in total. The van der Waals surface area contributed by atoms with Crippen molar-refractivity contribution in [2.45, 2.75) is 52.0 Å². The molecule has 1 N–H and O–H groups in total. The molecule has 0 radical (unpaired) electrons. The highest BCUT2D eigenvalue weighted by molar-refractivity contribution is 9.10. The van der Waals surface area contributed by atoms with Crippen molar-refractivity contribution in [3.05, 3.63) is 63.6 Å². The third kappa shape index (κ3) is 4.49. The lowest BCUT2D eigenvalue weighted by Crippen LogP contribution is -2.54. The number of thiocarbonyl (C=S) groups is 1. The fourth-order valence-electron chi connectivity index (χ4n) is 4.92. The van der Waals surface area contributed by atoms with Gasteiger partial charge in [0.15, 0.2) is 5.11 Å². The molecule has 1 fully saturated rings. The highest BCUT2D eigenvalue weighted by atomic mass is 79.9. The van der Waals surface area contributed by atoms with Crippen LogP contribution in [-0.4, -0.2) is 29.0 Å². The summed E-state index contributed by atoms with van der Waals surface area (Å²) in [4.78, 5) is 29.9. The molecule has 33 heavy (non-hydrogen) atoms. The average molecular weight is 527 g/mol. The second-order valence-corrected chi connectivity index (χ2v) is 10.6. The minimum Gasteiger partial charge on any atom is -0.366 e. The van der Waals surface area contributed by atoms with Gasteiger partial charge in [-0.3, -0.25) is 19.8 Å². The molecule has 0 saturated carbocycles. The molecule has 4 rings (SSSR count). The summed E-state index contributed by atoms with van der Waals surface area (Å²) in [6.45, 7) is 10.0. The minimum absolute atomic E-state index is 0.0673. The number of benzene rings is 2. The lowest BCUT2D eigenvalue weighted by molar-refractivity contribution is -0.122. The van der Waals surface area contributed by atoms with E-state index in [4.69, 9.17) is 12.2 Å². The molecule has 0 bridgehead atoms. The Hall–Kier alpha value is -2.51. The third-order valence-electron chi connectivity index (χ3n) is 6.34. The van der Waals surface area contributed by atoms with Gasteiger partial charge in [-0.05, 0) is 92.4 Å². The van der Waals surface area contributed by atoms with E-state index in [-0.39, 0.29) is 16.2 Å². The zero-order valence-corrected chi connectivity index (χ0v) is 21.7. The standard InChI is InChI=1S/C26H28BrN3O2S/c1-5-11-29-22-10-9-17(12-20(22)16(2)15-26(29,3)4)13-21-23(31)28-25(33)30(24(21)32)19-8-6-7-18(27)14-19/h6-10,12-14,16H,5,11,15H2,1-4H3,(H,28,31,33)/b21-13-. The molecule has 1 unspecified atom stereocenters. The quantitative estimate of drug-likeness (QED) is 0.312. The Morgan fingerprint density at radius 3 is 2.67 bits per heavy atom. The van der Waals surface area contributed by atoms with E-state index in [0.717, 1.165) is 29.4 Å². The molecule has 2 heterocycles. The summed E-state index contributed by atoms with van der Waals surface area (Å²) in [5.41, 5.74) is 4.07. The number of amides is 2. The lowest BCUT2D eigenvalue weighted by atomic mass is 9.79. The fraction of sp³-hybridized carbons (Fsp3) is 0.346. The average Bonchev–Trinajstić information content (AvgIpc) is 2.74. The summed E-state index contributed by atoms with van der Waals surface area (Å²) in [6, 6.07) is 13.5. The van der Waals surface area contributed by atoms with Crippen LogP contribution >= 0.6 is 28.1 Å². The van der Waals surface area contributed by atoms with Gasteiger partial charge in [-0.25, -0.2) is 0 Å². The van der Waals surface area contributed by atoms with Crippen molar-refractivity contribution >= 4 is 62.5 Å². The Kier molecular flexibility index (Phi) is 6.47. The van der Waals surface area contributed by atoms with E-state index in [0.29, 0.717) is 11.6 Å². The monoisotopic (exact) mass is 525 g/mol. The SMILES string of the molecule is CCCN1c2ccc(/C=C3/C(=O)NC(=S)N(c4cccc(Br)c4)C3=O)cc2C(C)CC1(C)C. The molecule has 0 aromatic heterocycles. The number of hydrogen-bond acceptors (Lipinski definition) is 4. The number of carbonyl (C=O) groups excluding carboxylic acids is 2. The molecule has 7 heteroatoms. The van der Waals surface area contributed by atoms with E-state index in [2.05, 4.69) is 66.0 Å². The first-order chi connectivity index (χ1) is 15.6. The molecule has 172 valence electrons. The molecule has 2 amide bonds. The summed E-state index contributed by atoms with van der Waals surface area (Å²) < 4.78 is 0.821. The van der Waals surface area contributed by atoms with Crippen molar-refractivity contribution in [3.63, 3.8) is 0 Å². The Bertz CT molecular complexity index is 1170. The van der Waals surface area contributed by atoms with Gasteiger partial charge in [-0.15, -0.1) is 0 Å². The number of anilines is 2. The molecule has 2 aliphatic heterocycles. The third-order valence-corrected chi connectivity index (χ3v) is 7.11. The Balaban J connectivity index is 1.72. The zero-order chi connectivity index (χ0) is 23.9. The van der Waals surface area contributed by atoms with Gasteiger partial charge in [0.25, 0.3) is 11.8 Å². The molecule has 2 aromatic carbocycles. The van der Waals surface area contributed by atoms with E-state index in [9.17, 15) is 9.59 Å². The van der Waals surface area contributed by atoms with Crippen molar-refractivity contribution in [3.8, 4) is 0 Å². The van der Waals surface area contributed by atoms with Crippen LogP contribution in [0.5, 0.6) is 0 Å². The van der Waals surface area contributed by atoms with Crippen LogP contribution in [0.2, 0.25) is 0 Å². The molecule has 1 atom stereocenters. The van der Waals surface area contributed by atoms with Crippen LogP contribution in [0.25, 0.3) is 6.08 Å². The first kappa shape index (κ1) is 23.6. The second-order valence-electron chi connectivity index (χ2n) is 9.33. The van der Waals surface area contributed by atoms with Gasteiger partial charge in [-0.2, -0.15) is 0 Å². The van der Waals surface area contributed by atoms with Crippen LogP contribution in [0.15, 0.2) is 52.5 Å². The lowest BCUT2D eigenvalue weighted by Gasteiger charge is -2.47. The largest absolute Gasteiger partial charge is 0.366 e. The normalized spacial score (nSPS) is 21.3. The smallest absolute Gasteiger partial charge is 0.270 e. The van der Waals surface area contributed by atoms with Gasteiger partial charge in [0.05, 0.1) is 5.69 Å². The Morgan fingerprint density at radius 1 is 1.21 bits per heavy atom. The van der Waals surface area contributed by atoms with Crippen molar-refractivity contribution in [2.24, 2.45) is 0 Å². The molecule has 0 aliphatic carbocycles. The maximum atomic E-state index is 13.3. The van der Waals surface area contributed by atoms with Crippen LogP contribution in [0.1, 0.15) is 57.6 Å². The van der Waals surface area contributed by atoms with Gasteiger partial charge >= 0.3 is 0 Å². The van der Waals surface area contributed by atoms with Crippen LogP contribution in [0, 0.1) is 0 Å². The Labute approximate surface area is 209 Å².